The topological polar surface area (TPSA) is 132 Å². The van der Waals surface area contributed by atoms with Gasteiger partial charge in [0.2, 0.25) is 0 Å². The zero-order valence-electron chi connectivity index (χ0n) is 17.9. The number of carbonyl (C=O) groups excluding carboxylic acids is 2. The maximum Gasteiger partial charge on any atom is 0.272 e. The second kappa shape index (κ2) is 10.8. The number of benzene rings is 2. The Bertz CT molecular complexity index is 961. The molecule has 0 atom stereocenters. The van der Waals surface area contributed by atoms with Crippen LogP contribution in [0.3, 0.4) is 0 Å². The highest BCUT2D eigenvalue weighted by molar-refractivity contribution is 6.02. The van der Waals surface area contributed by atoms with Gasteiger partial charge in [0.1, 0.15) is 0 Å². The number of nitrogens with zero attached hydrogens (tertiary/aromatic N) is 1. The Morgan fingerprint density at radius 1 is 1.06 bits per heavy atom. The number of nitro benzene ring substituents is 1. The lowest BCUT2D eigenvalue weighted by molar-refractivity contribution is -0.384. The van der Waals surface area contributed by atoms with Crippen molar-refractivity contribution < 1.29 is 24.0 Å². The summed E-state index contributed by atoms with van der Waals surface area (Å²) in [5, 5.41) is 13.8. The molecular formula is C21H26N4O6. The molecule has 0 aromatic heterocycles. The van der Waals surface area contributed by atoms with Crippen molar-refractivity contribution in [2.45, 2.75) is 20.3 Å². The third-order valence-corrected chi connectivity index (χ3v) is 4.40. The Kier molecular flexibility index (Phi) is 8.18. The summed E-state index contributed by atoms with van der Waals surface area (Å²) in [5.74, 6) is 0.103. The fourth-order valence-electron chi connectivity index (χ4n) is 2.64. The second-order valence-corrected chi connectivity index (χ2v) is 7.04. The average Bonchev–Trinajstić information content (AvgIpc) is 2.76. The smallest absolute Gasteiger partial charge is 0.272 e. The minimum atomic E-state index is -0.706. The molecule has 3 N–H and O–H groups in total. The highest BCUT2D eigenvalue weighted by atomic mass is 16.6. The van der Waals surface area contributed by atoms with Gasteiger partial charge in [0.15, 0.2) is 11.5 Å². The van der Waals surface area contributed by atoms with E-state index in [1.807, 2.05) is 0 Å². The van der Waals surface area contributed by atoms with E-state index in [2.05, 4.69) is 30.0 Å². The fraction of sp³-hybridized carbons (Fsp3) is 0.333. The van der Waals surface area contributed by atoms with E-state index < -0.39 is 16.7 Å². The zero-order valence-corrected chi connectivity index (χ0v) is 17.9. The number of carbonyl (C=O) groups is 2. The van der Waals surface area contributed by atoms with Gasteiger partial charge in [0.05, 0.1) is 24.2 Å². The third-order valence-electron chi connectivity index (χ3n) is 4.40. The van der Waals surface area contributed by atoms with Gasteiger partial charge in [-0.15, -0.1) is 0 Å². The van der Waals surface area contributed by atoms with Gasteiger partial charge in [-0.3, -0.25) is 30.6 Å². The minimum Gasteiger partial charge on any atom is -0.493 e. The van der Waals surface area contributed by atoms with Crippen LogP contribution in [0.2, 0.25) is 0 Å². The van der Waals surface area contributed by atoms with Crippen molar-refractivity contribution in [1.82, 2.24) is 10.9 Å². The van der Waals surface area contributed by atoms with E-state index in [4.69, 9.17) is 9.47 Å². The maximum absolute atomic E-state index is 12.5. The first-order valence-corrected chi connectivity index (χ1v) is 9.64. The van der Waals surface area contributed by atoms with Crippen LogP contribution in [0.5, 0.6) is 11.5 Å². The monoisotopic (exact) mass is 430 g/mol. The number of hydrogen-bond acceptors (Lipinski definition) is 7. The predicted molar refractivity (Wildman–Crippen MR) is 116 cm³/mol. The van der Waals surface area contributed by atoms with Gasteiger partial charge in [0, 0.05) is 30.4 Å². The summed E-state index contributed by atoms with van der Waals surface area (Å²) >= 11 is 0. The van der Waals surface area contributed by atoms with E-state index in [0.29, 0.717) is 29.7 Å². The van der Waals surface area contributed by atoms with Gasteiger partial charge >= 0.3 is 0 Å². The van der Waals surface area contributed by atoms with Crippen LogP contribution in [0.15, 0.2) is 36.4 Å². The lowest BCUT2D eigenvalue weighted by Gasteiger charge is -2.14. The van der Waals surface area contributed by atoms with Gasteiger partial charge in [0.25, 0.3) is 17.5 Å². The normalized spacial score (nSPS) is 10.4. The summed E-state index contributed by atoms with van der Waals surface area (Å²) in [6.07, 6.45) is 0.879. The molecule has 0 heterocycles. The number of hydrogen-bond donors (Lipinski definition) is 3. The SMILES string of the molecule is CNc1ccc([N+](=O)[O-])cc1C(=O)NNC(=O)c1ccc(OCCC(C)C)c(OC)c1. The first kappa shape index (κ1) is 23.5. The molecule has 0 aliphatic rings. The predicted octanol–water partition coefficient (Wildman–Crippen LogP) is 3.14. The standard InChI is InChI=1S/C21H26N4O6/c1-13(2)9-10-31-18-8-5-14(11-19(18)30-4)20(26)23-24-21(27)16-12-15(25(28)29)6-7-17(16)22-3/h5-8,11-13,22H,9-10H2,1-4H3,(H,23,26)(H,24,27). The fourth-order valence-corrected chi connectivity index (χ4v) is 2.64. The molecule has 2 aromatic carbocycles. The van der Waals surface area contributed by atoms with E-state index >= 15 is 0 Å². The van der Waals surface area contributed by atoms with Crippen LogP contribution >= 0.6 is 0 Å². The van der Waals surface area contributed by atoms with Gasteiger partial charge in [-0.25, -0.2) is 0 Å². The van der Waals surface area contributed by atoms with E-state index in [-0.39, 0.29) is 16.8 Å². The number of non-ortho nitro benzene ring substituents is 1. The summed E-state index contributed by atoms with van der Waals surface area (Å²) in [4.78, 5) is 35.3. The Morgan fingerprint density at radius 3 is 2.39 bits per heavy atom. The Hall–Kier alpha value is -3.82. The van der Waals surface area contributed by atoms with Crippen LogP contribution in [-0.4, -0.2) is 37.5 Å². The minimum absolute atomic E-state index is 0.0171. The highest BCUT2D eigenvalue weighted by Crippen LogP contribution is 2.28. The number of nitro groups is 1. The highest BCUT2D eigenvalue weighted by Gasteiger charge is 2.18. The average molecular weight is 430 g/mol. The molecule has 2 amide bonds. The van der Waals surface area contributed by atoms with Crippen molar-refractivity contribution in [3.8, 4) is 11.5 Å². The van der Waals surface area contributed by atoms with Crippen LogP contribution in [0.1, 0.15) is 41.0 Å². The van der Waals surface area contributed by atoms with Crippen LogP contribution in [0.4, 0.5) is 11.4 Å². The maximum atomic E-state index is 12.5. The van der Waals surface area contributed by atoms with Crippen molar-refractivity contribution in [3.63, 3.8) is 0 Å². The number of anilines is 1. The van der Waals surface area contributed by atoms with Gasteiger partial charge in [-0.05, 0) is 36.6 Å². The van der Waals surface area contributed by atoms with Crippen LogP contribution in [0.25, 0.3) is 0 Å². The Morgan fingerprint density at radius 2 is 1.77 bits per heavy atom. The van der Waals surface area contributed by atoms with Crippen LogP contribution in [-0.2, 0) is 0 Å². The number of methoxy groups -OCH3 is 1. The molecular weight excluding hydrogens is 404 g/mol. The summed E-state index contributed by atoms with van der Waals surface area (Å²) in [6, 6.07) is 8.48. The molecule has 0 saturated carbocycles. The molecule has 31 heavy (non-hydrogen) atoms. The number of hydrazine groups is 1. The molecule has 0 spiro atoms. The molecule has 0 bridgehead atoms. The van der Waals surface area contributed by atoms with Crippen LogP contribution < -0.4 is 25.6 Å². The van der Waals surface area contributed by atoms with Crippen molar-refractivity contribution in [1.29, 1.82) is 0 Å². The van der Waals surface area contributed by atoms with Crippen molar-refractivity contribution >= 4 is 23.2 Å². The van der Waals surface area contributed by atoms with E-state index in [0.717, 1.165) is 12.5 Å². The Labute approximate surface area is 180 Å². The van der Waals surface area contributed by atoms with E-state index in [9.17, 15) is 19.7 Å². The van der Waals surface area contributed by atoms with Crippen molar-refractivity contribution in [3.05, 3.63) is 57.6 Å². The lowest BCUT2D eigenvalue weighted by Crippen LogP contribution is -2.41. The van der Waals surface area contributed by atoms with Crippen molar-refractivity contribution in [2.24, 2.45) is 5.92 Å². The first-order chi connectivity index (χ1) is 14.8. The third kappa shape index (κ3) is 6.33. The molecule has 2 aromatic rings. The first-order valence-electron chi connectivity index (χ1n) is 9.64. The van der Waals surface area contributed by atoms with Gasteiger partial charge in [-0.1, -0.05) is 13.8 Å². The molecule has 10 nitrogen and oxygen atoms in total. The molecule has 0 radical (unpaired) electrons. The number of rotatable bonds is 9. The molecule has 0 unspecified atom stereocenters. The van der Waals surface area contributed by atoms with Crippen LogP contribution in [0, 0.1) is 16.0 Å². The molecule has 2 rings (SSSR count). The zero-order chi connectivity index (χ0) is 23.0. The van der Waals surface area contributed by atoms with E-state index in [1.165, 1.54) is 25.3 Å². The summed E-state index contributed by atoms with van der Waals surface area (Å²) < 4.78 is 11.0. The molecule has 0 saturated heterocycles. The molecule has 0 fully saturated rings. The lowest BCUT2D eigenvalue weighted by atomic mass is 10.1. The van der Waals surface area contributed by atoms with Gasteiger partial charge in [-0.2, -0.15) is 0 Å². The van der Waals surface area contributed by atoms with E-state index in [1.54, 1.807) is 19.2 Å². The summed E-state index contributed by atoms with van der Waals surface area (Å²) in [5.41, 5.74) is 4.95. The molecule has 0 aliphatic heterocycles. The molecule has 0 aliphatic carbocycles. The second-order valence-electron chi connectivity index (χ2n) is 7.04. The molecule has 166 valence electrons. The number of ether oxygens (including phenoxy) is 2. The molecule has 10 heteroatoms. The number of amides is 2. The summed E-state index contributed by atoms with van der Waals surface area (Å²) in [6.45, 7) is 4.71. The number of nitrogens with one attached hydrogen (secondary N) is 3. The van der Waals surface area contributed by atoms with Gasteiger partial charge < -0.3 is 14.8 Å². The van der Waals surface area contributed by atoms with Crippen molar-refractivity contribution in [2.75, 3.05) is 26.1 Å². The summed E-state index contributed by atoms with van der Waals surface area (Å²) in [7, 11) is 3.04. The Balaban J connectivity index is 2.08. The largest absolute Gasteiger partial charge is 0.493 e. The quantitative estimate of drug-likeness (QED) is 0.411.